The van der Waals surface area contributed by atoms with Gasteiger partial charge in [0.15, 0.2) is 0 Å². The van der Waals surface area contributed by atoms with Crippen molar-refractivity contribution >= 4 is 16.9 Å². The maximum absolute atomic E-state index is 11.4. The summed E-state index contributed by atoms with van der Waals surface area (Å²) in [5.41, 5.74) is 7.68. The van der Waals surface area contributed by atoms with Crippen LogP contribution in [-0.2, 0) is 0 Å². The van der Waals surface area contributed by atoms with E-state index in [1.165, 1.54) is 25.9 Å². The SMILES string of the molecule is CC(C)N1CCC(N)CC1.COc1ccc(-n2c(C(=O)O)cc3ccccc32)cc1. The Hall–Kier alpha value is -2.83. The number of para-hydroxylation sites is 1. The van der Waals surface area contributed by atoms with Crippen LogP contribution in [0.5, 0.6) is 5.75 Å². The van der Waals surface area contributed by atoms with Crippen LogP contribution in [0.2, 0.25) is 0 Å². The quantitative estimate of drug-likeness (QED) is 0.676. The number of aromatic nitrogens is 1. The minimum absolute atomic E-state index is 0.247. The molecule has 1 fully saturated rings. The van der Waals surface area contributed by atoms with Crippen LogP contribution in [0.25, 0.3) is 16.6 Å². The van der Waals surface area contributed by atoms with Gasteiger partial charge in [-0.25, -0.2) is 4.79 Å². The van der Waals surface area contributed by atoms with E-state index in [2.05, 4.69) is 18.7 Å². The number of nitrogens with zero attached hydrogens (tertiary/aromatic N) is 2. The predicted molar refractivity (Wildman–Crippen MR) is 121 cm³/mol. The number of nitrogens with two attached hydrogens (primary N) is 1. The molecule has 4 rings (SSSR count). The number of aromatic carboxylic acids is 1. The number of ether oxygens (including phenoxy) is 1. The Morgan fingerprint density at radius 2 is 1.73 bits per heavy atom. The van der Waals surface area contributed by atoms with E-state index in [0.29, 0.717) is 12.1 Å². The molecule has 0 saturated carbocycles. The average Bonchev–Trinajstić information content (AvgIpc) is 3.14. The van der Waals surface area contributed by atoms with Gasteiger partial charge in [0.25, 0.3) is 0 Å². The van der Waals surface area contributed by atoms with Crippen molar-refractivity contribution in [3.8, 4) is 11.4 Å². The van der Waals surface area contributed by atoms with Gasteiger partial charge in [-0.3, -0.25) is 0 Å². The molecule has 3 N–H and O–H groups in total. The third-order valence-corrected chi connectivity index (χ3v) is 5.57. The van der Waals surface area contributed by atoms with E-state index < -0.39 is 5.97 Å². The molecule has 2 heterocycles. The van der Waals surface area contributed by atoms with Gasteiger partial charge < -0.3 is 25.0 Å². The van der Waals surface area contributed by atoms with Crippen molar-refractivity contribution < 1.29 is 14.6 Å². The number of fused-ring (bicyclic) bond motifs is 1. The van der Waals surface area contributed by atoms with Crippen molar-refractivity contribution in [2.45, 2.75) is 38.8 Å². The van der Waals surface area contributed by atoms with E-state index in [1.807, 2.05) is 48.5 Å². The molecule has 0 radical (unpaired) electrons. The summed E-state index contributed by atoms with van der Waals surface area (Å²) >= 11 is 0. The van der Waals surface area contributed by atoms with Crippen molar-refractivity contribution in [1.82, 2.24) is 9.47 Å². The molecule has 0 atom stereocenters. The first-order valence-electron chi connectivity index (χ1n) is 10.4. The summed E-state index contributed by atoms with van der Waals surface area (Å²) in [7, 11) is 1.60. The van der Waals surface area contributed by atoms with Crippen molar-refractivity contribution in [2.75, 3.05) is 20.2 Å². The zero-order chi connectivity index (χ0) is 21.7. The Morgan fingerprint density at radius 1 is 1.10 bits per heavy atom. The molecule has 6 nitrogen and oxygen atoms in total. The maximum Gasteiger partial charge on any atom is 0.352 e. The fraction of sp³-hybridized carbons (Fsp3) is 0.375. The lowest BCUT2D eigenvalue weighted by atomic mass is 10.1. The van der Waals surface area contributed by atoms with Gasteiger partial charge in [0.05, 0.1) is 12.6 Å². The second-order valence-electron chi connectivity index (χ2n) is 7.89. The molecular weight excluding hydrogens is 378 g/mol. The van der Waals surface area contributed by atoms with Crippen LogP contribution in [0.1, 0.15) is 37.2 Å². The molecule has 0 amide bonds. The van der Waals surface area contributed by atoms with Gasteiger partial charge in [-0.2, -0.15) is 0 Å². The Bertz CT molecular complexity index is 971. The van der Waals surface area contributed by atoms with E-state index >= 15 is 0 Å². The first-order valence-corrected chi connectivity index (χ1v) is 10.4. The van der Waals surface area contributed by atoms with Gasteiger partial charge in [0.2, 0.25) is 0 Å². The zero-order valence-electron chi connectivity index (χ0n) is 17.9. The monoisotopic (exact) mass is 409 g/mol. The molecule has 6 heteroatoms. The minimum atomic E-state index is -0.947. The van der Waals surface area contributed by atoms with Gasteiger partial charge >= 0.3 is 5.97 Å². The van der Waals surface area contributed by atoms with Gasteiger partial charge in [-0.15, -0.1) is 0 Å². The van der Waals surface area contributed by atoms with E-state index in [9.17, 15) is 9.90 Å². The molecule has 0 unspecified atom stereocenters. The van der Waals surface area contributed by atoms with E-state index in [-0.39, 0.29) is 5.69 Å². The van der Waals surface area contributed by atoms with Gasteiger partial charge in [-0.1, -0.05) is 18.2 Å². The van der Waals surface area contributed by atoms with Gasteiger partial charge in [0, 0.05) is 23.2 Å². The summed E-state index contributed by atoms with van der Waals surface area (Å²) in [6.07, 6.45) is 2.36. The molecular formula is C24H31N3O3. The summed E-state index contributed by atoms with van der Waals surface area (Å²) in [6.45, 7) is 6.88. The number of carbonyl (C=O) groups is 1. The highest BCUT2D eigenvalue weighted by molar-refractivity contribution is 5.96. The molecule has 2 aromatic carbocycles. The summed E-state index contributed by atoms with van der Waals surface area (Å²) in [6, 6.07) is 17.8. The summed E-state index contributed by atoms with van der Waals surface area (Å²) in [4.78, 5) is 13.9. The Labute approximate surface area is 177 Å². The molecule has 0 spiro atoms. The number of likely N-dealkylation sites (tertiary alicyclic amines) is 1. The van der Waals surface area contributed by atoms with Crippen LogP contribution >= 0.6 is 0 Å². The van der Waals surface area contributed by atoms with Crippen molar-refractivity contribution in [3.63, 3.8) is 0 Å². The summed E-state index contributed by atoms with van der Waals surface area (Å²) < 4.78 is 6.86. The first-order chi connectivity index (χ1) is 14.4. The summed E-state index contributed by atoms with van der Waals surface area (Å²) in [5, 5.41) is 10.3. The van der Waals surface area contributed by atoms with E-state index in [0.717, 1.165) is 22.3 Å². The normalized spacial score (nSPS) is 15.1. The Morgan fingerprint density at radius 3 is 2.30 bits per heavy atom. The largest absolute Gasteiger partial charge is 0.497 e. The number of hydrogen-bond donors (Lipinski definition) is 2. The second kappa shape index (κ2) is 9.78. The molecule has 1 saturated heterocycles. The average molecular weight is 410 g/mol. The standard InChI is InChI=1S/C16H13NO3.C8H18N2/c1-20-13-8-6-12(7-9-13)17-14-5-3-2-4-11(14)10-15(17)16(18)19;1-7(2)10-5-3-8(9)4-6-10/h2-10H,1H3,(H,18,19);7-8H,3-6,9H2,1-2H3. The fourth-order valence-electron chi connectivity index (χ4n) is 3.76. The number of benzene rings is 2. The number of piperidine rings is 1. The van der Waals surface area contributed by atoms with Crippen LogP contribution in [0, 0.1) is 0 Å². The molecule has 1 aliphatic heterocycles. The molecule has 1 aliphatic rings. The zero-order valence-corrected chi connectivity index (χ0v) is 17.9. The number of rotatable bonds is 4. The van der Waals surface area contributed by atoms with E-state index in [4.69, 9.17) is 10.5 Å². The molecule has 1 aromatic heterocycles. The number of carboxylic acid groups (broad SMARTS) is 1. The predicted octanol–water partition coefficient (Wildman–Crippen LogP) is 4.16. The van der Waals surface area contributed by atoms with Crippen molar-refractivity contribution in [2.24, 2.45) is 5.73 Å². The van der Waals surface area contributed by atoms with Crippen LogP contribution in [0.3, 0.4) is 0 Å². The van der Waals surface area contributed by atoms with Crippen LogP contribution < -0.4 is 10.5 Å². The molecule has 160 valence electrons. The molecule has 0 aliphatic carbocycles. The topological polar surface area (TPSA) is 80.7 Å². The number of carboxylic acids is 1. The third-order valence-electron chi connectivity index (χ3n) is 5.57. The highest BCUT2D eigenvalue weighted by Gasteiger charge is 2.17. The van der Waals surface area contributed by atoms with Crippen molar-refractivity contribution in [3.05, 3.63) is 60.3 Å². The van der Waals surface area contributed by atoms with E-state index in [1.54, 1.807) is 17.7 Å². The lowest BCUT2D eigenvalue weighted by Crippen LogP contribution is -2.42. The molecule has 0 bridgehead atoms. The highest BCUT2D eigenvalue weighted by atomic mass is 16.5. The highest BCUT2D eigenvalue weighted by Crippen LogP contribution is 2.25. The number of methoxy groups -OCH3 is 1. The first kappa shape index (κ1) is 21.9. The van der Waals surface area contributed by atoms with Gasteiger partial charge in [0.1, 0.15) is 11.4 Å². The Balaban J connectivity index is 0.000000216. The second-order valence-corrected chi connectivity index (χ2v) is 7.89. The van der Waals surface area contributed by atoms with Gasteiger partial charge in [-0.05, 0) is 76.2 Å². The lowest BCUT2D eigenvalue weighted by molar-refractivity contribution is 0.0688. The fourth-order valence-corrected chi connectivity index (χ4v) is 3.76. The van der Waals surface area contributed by atoms with Crippen molar-refractivity contribution in [1.29, 1.82) is 0 Å². The Kier molecular flexibility index (Phi) is 7.13. The number of hydrogen-bond acceptors (Lipinski definition) is 4. The lowest BCUT2D eigenvalue weighted by Gasteiger charge is -2.32. The molecule has 3 aromatic rings. The van der Waals surface area contributed by atoms with Crippen LogP contribution in [0.4, 0.5) is 0 Å². The van der Waals surface area contributed by atoms with Crippen LogP contribution in [0.15, 0.2) is 54.6 Å². The minimum Gasteiger partial charge on any atom is -0.497 e. The smallest absolute Gasteiger partial charge is 0.352 e. The summed E-state index contributed by atoms with van der Waals surface area (Å²) in [5.74, 6) is -0.209. The van der Waals surface area contributed by atoms with Crippen LogP contribution in [-0.4, -0.2) is 52.8 Å². The third kappa shape index (κ3) is 5.01. The molecule has 30 heavy (non-hydrogen) atoms. The maximum atomic E-state index is 11.4.